The highest BCUT2D eigenvalue weighted by atomic mass is 14.9. The zero-order valence-electron chi connectivity index (χ0n) is 7.41. The summed E-state index contributed by atoms with van der Waals surface area (Å²) >= 11 is 0. The monoisotopic (exact) mass is 102 g/mol. The lowest BCUT2D eigenvalue weighted by molar-refractivity contribution is 0.582. The Morgan fingerprint density at radius 2 is 2.29 bits per heavy atom. The molecule has 0 unspecified atom stereocenters. The van der Waals surface area contributed by atoms with Crippen LogP contribution in [0.5, 0.6) is 0 Å². The van der Waals surface area contributed by atoms with Crippen LogP contribution >= 0.6 is 0 Å². The fourth-order valence-electron chi connectivity index (χ4n) is 1.07. The van der Waals surface area contributed by atoms with E-state index in [9.17, 15) is 0 Å². The summed E-state index contributed by atoms with van der Waals surface area (Å²) in [5, 5.41) is 2.62. The number of nitrogens with one attached hydrogen (secondary N) is 1. The van der Waals surface area contributed by atoms with Gasteiger partial charge in [-0.1, -0.05) is 12.8 Å². The second-order valence-electron chi connectivity index (χ2n) is 2.13. The van der Waals surface area contributed by atoms with Crippen LogP contribution in [-0.2, 0) is 0 Å². The van der Waals surface area contributed by atoms with Crippen LogP contribution in [0.4, 0.5) is 0 Å². The van der Waals surface area contributed by atoms with Gasteiger partial charge in [0.05, 0.1) is 0 Å². The van der Waals surface area contributed by atoms with Gasteiger partial charge in [0, 0.05) is 10.2 Å². The van der Waals surface area contributed by atoms with E-state index in [1.165, 1.54) is 12.8 Å². The van der Waals surface area contributed by atoms with E-state index in [1.807, 2.05) is 0 Å². The molecule has 0 amide bonds. The molecular formula is C6H13N. The molecule has 0 bridgehead atoms. The van der Waals surface area contributed by atoms with E-state index in [4.69, 9.17) is 4.11 Å². The first-order valence-corrected chi connectivity index (χ1v) is 2.86. The zero-order valence-corrected chi connectivity index (χ0v) is 4.41. The summed E-state index contributed by atoms with van der Waals surface area (Å²) in [4.78, 5) is 0. The van der Waals surface area contributed by atoms with Gasteiger partial charge in [0.1, 0.15) is 0 Å². The highest BCUT2D eigenvalue weighted by Gasteiger charge is 2.10. The van der Waals surface area contributed by atoms with Gasteiger partial charge in [-0.2, -0.15) is 0 Å². The lowest BCUT2D eigenvalue weighted by atomic mass is 10.3. The van der Waals surface area contributed by atoms with Crippen molar-refractivity contribution < 1.29 is 4.11 Å². The van der Waals surface area contributed by atoms with E-state index in [-0.39, 0.29) is 6.04 Å². The topological polar surface area (TPSA) is 12.0 Å². The Balaban J connectivity index is 2.24. The molecule has 1 N–H and O–H groups in total. The number of hydrogen-bond acceptors (Lipinski definition) is 1. The molecule has 0 aromatic rings. The summed E-state index contributed by atoms with van der Waals surface area (Å²) < 4.78 is 20.8. The normalized spacial score (nSPS) is 31.7. The fourth-order valence-corrected chi connectivity index (χ4v) is 1.07. The van der Waals surface area contributed by atoms with Gasteiger partial charge in [-0.15, -0.1) is 0 Å². The molecule has 1 saturated carbocycles. The lowest BCUT2D eigenvalue weighted by Gasteiger charge is -2.03. The van der Waals surface area contributed by atoms with Crippen molar-refractivity contribution in [3.63, 3.8) is 0 Å². The second kappa shape index (κ2) is 2.31. The van der Waals surface area contributed by atoms with Crippen LogP contribution in [0, 0.1) is 0 Å². The number of hydrogen-bond donors (Lipinski definition) is 1. The van der Waals surface area contributed by atoms with Crippen molar-refractivity contribution in [2.75, 3.05) is 6.98 Å². The third kappa shape index (κ3) is 1.16. The predicted molar refractivity (Wildman–Crippen MR) is 31.3 cm³/mol. The summed E-state index contributed by atoms with van der Waals surface area (Å²) in [6.45, 7) is -1.94. The largest absolute Gasteiger partial charge is 0.317 e. The average molecular weight is 102 g/mol. The third-order valence-corrected chi connectivity index (χ3v) is 1.56. The van der Waals surface area contributed by atoms with Crippen molar-refractivity contribution in [3.05, 3.63) is 0 Å². The van der Waals surface area contributed by atoms with Crippen LogP contribution in [0.1, 0.15) is 29.8 Å². The Bertz CT molecular complexity index is 104. The predicted octanol–water partition coefficient (Wildman–Crippen LogP) is 1.15. The summed E-state index contributed by atoms with van der Waals surface area (Å²) in [6, 6.07) is 0.243. The van der Waals surface area contributed by atoms with Crippen LogP contribution in [-0.4, -0.2) is 13.0 Å². The smallest absolute Gasteiger partial charge is 0.0391 e. The SMILES string of the molecule is [2H]C([2H])([2H])NC1CCCC1. The van der Waals surface area contributed by atoms with Gasteiger partial charge in [-0.3, -0.25) is 0 Å². The molecule has 0 aliphatic heterocycles. The highest BCUT2D eigenvalue weighted by Crippen LogP contribution is 2.16. The molecule has 0 saturated heterocycles. The van der Waals surface area contributed by atoms with Gasteiger partial charge in [-0.05, 0) is 19.8 Å². The standard InChI is InChI=1S/C6H13N/c1-7-6-4-2-3-5-6/h6-7H,2-5H2,1H3/i1D3. The van der Waals surface area contributed by atoms with Crippen molar-refractivity contribution >= 4 is 0 Å². The van der Waals surface area contributed by atoms with E-state index in [2.05, 4.69) is 5.32 Å². The van der Waals surface area contributed by atoms with Crippen LogP contribution < -0.4 is 5.32 Å². The first-order valence-electron chi connectivity index (χ1n) is 4.36. The van der Waals surface area contributed by atoms with Gasteiger partial charge < -0.3 is 5.32 Å². The van der Waals surface area contributed by atoms with Crippen LogP contribution in [0.25, 0.3) is 0 Å². The Morgan fingerprint density at radius 3 is 2.86 bits per heavy atom. The molecule has 0 aromatic carbocycles. The van der Waals surface area contributed by atoms with Crippen molar-refractivity contribution in [2.24, 2.45) is 0 Å². The summed E-state index contributed by atoms with van der Waals surface area (Å²) in [7, 11) is 0. The molecule has 0 radical (unpaired) electrons. The molecule has 0 spiro atoms. The van der Waals surface area contributed by atoms with E-state index in [0.29, 0.717) is 0 Å². The lowest BCUT2D eigenvalue weighted by Crippen LogP contribution is -2.20. The quantitative estimate of drug-likeness (QED) is 0.523. The van der Waals surface area contributed by atoms with Crippen molar-refractivity contribution in [1.29, 1.82) is 0 Å². The minimum atomic E-state index is -1.94. The molecule has 0 heterocycles. The van der Waals surface area contributed by atoms with E-state index >= 15 is 0 Å². The Kier molecular flexibility index (Phi) is 0.824. The van der Waals surface area contributed by atoms with Gasteiger partial charge >= 0.3 is 0 Å². The average Bonchev–Trinajstić information content (AvgIpc) is 2.12. The first-order chi connectivity index (χ1) is 4.58. The van der Waals surface area contributed by atoms with Crippen LogP contribution in [0.15, 0.2) is 0 Å². The third-order valence-electron chi connectivity index (χ3n) is 1.56. The van der Waals surface area contributed by atoms with Crippen LogP contribution in [0.3, 0.4) is 0 Å². The van der Waals surface area contributed by atoms with E-state index < -0.39 is 6.98 Å². The molecular weight excluding hydrogens is 86.1 g/mol. The second-order valence-corrected chi connectivity index (χ2v) is 2.13. The first kappa shape index (κ1) is 2.49. The van der Waals surface area contributed by atoms with E-state index in [1.54, 1.807) is 0 Å². The molecule has 1 aliphatic rings. The Labute approximate surface area is 49.3 Å². The maximum absolute atomic E-state index is 6.92. The van der Waals surface area contributed by atoms with Gasteiger partial charge in [0.2, 0.25) is 0 Å². The minimum absolute atomic E-state index is 0.243. The molecule has 1 rings (SSSR count). The highest BCUT2D eigenvalue weighted by molar-refractivity contribution is 4.70. The fraction of sp³-hybridized carbons (Fsp3) is 1.00. The van der Waals surface area contributed by atoms with E-state index in [0.717, 1.165) is 12.8 Å². The van der Waals surface area contributed by atoms with Crippen LogP contribution in [0.2, 0.25) is 0 Å². The maximum Gasteiger partial charge on any atom is 0.0391 e. The zero-order chi connectivity index (χ0) is 7.61. The van der Waals surface area contributed by atoms with Gasteiger partial charge in [0.15, 0.2) is 0 Å². The summed E-state index contributed by atoms with van der Waals surface area (Å²) in [5.74, 6) is 0. The minimum Gasteiger partial charge on any atom is -0.317 e. The van der Waals surface area contributed by atoms with Crippen molar-refractivity contribution in [3.8, 4) is 0 Å². The molecule has 42 valence electrons. The summed E-state index contributed by atoms with van der Waals surface area (Å²) in [5.41, 5.74) is 0. The van der Waals surface area contributed by atoms with Crippen molar-refractivity contribution in [1.82, 2.24) is 5.32 Å². The van der Waals surface area contributed by atoms with Crippen molar-refractivity contribution in [2.45, 2.75) is 31.7 Å². The Hall–Kier alpha value is -0.0400. The molecule has 1 heteroatoms. The maximum atomic E-state index is 6.92. The summed E-state index contributed by atoms with van der Waals surface area (Å²) in [6.07, 6.45) is 4.40. The molecule has 0 atom stereocenters. The molecule has 7 heavy (non-hydrogen) atoms. The molecule has 0 aromatic heterocycles. The molecule has 1 nitrogen and oxygen atoms in total. The Morgan fingerprint density at radius 1 is 1.57 bits per heavy atom. The number of rotatable bonds is 1. The molecule has 1 fully saturated rings. The molecule has 1 aliphatic carbocycles. The van der Waals surface area contributed by atoms with Gasteiger partial charge in [0.25, 0.3) is 0 Å². The van der Waals surface area contributed by atoms with Gasteiger partial charge in [-0.25, -0.2) is 0 Å².